The van der Waals surface area contributed by atoms with Crippen molar-refractivity contribution in [3.8, 4) is 11.4 Å². The van der Waals surface area contributed by atoms with Crippen molar-refractivity contribution in [2.75, 3.05) is 7.11 Å². The predicted molar refractivity (Wildman–Crippen MR) is 95.3 cm³/mol. The first-order valence-electron chi connectivity index (χ1n) is 8.65. The molecule has 6 heteroatoms. The van der Waals surface area contributed by atoms with Crippen LogP contribution >= 0.6 is 0 Å². The number of methoxy groups -OCH3 is 1. The van der Waals surface area contributed by atoms with Crippen molar-refractivity contribution in [1.29, 1.82) is 0 Å². The fraction of sp³-hybridized carbons (Fsp3) is 0.421. The smallest absolute Gasteiger partial charge is 0.275 e. The molecule has 132 valence electrons. The summed E-state index contributed by atoms with van der Waals surface area (Å²) in [6.07, 6.45) is 4.39. The van der Waals surface area contributed by atoms with E-state index in [1.165, 1.54) is 24.3 Å². The second-order valence-electron chi connectivity index (χ2n) is 6.49. The van der Waals surface area contributed by atoms with E-state index in [4.69, 9.17) is 4.74 Å². The Bertz CT molecular complexity index is 801. The summed E-state index contributed by atoms with van der Waals surface area (Å²) >= 11 is 0. The molecule has 1 amide bonds. The minimum absolute atomic E-state index is 0.128. The van der Waals surface area contributed by atoms with Crippen LogP contribution in [0, 0.1) is 5.92 Å². The highest BCUT2D eigenvalue weighted by Gasteiger charge is 2.26. The summed E-state index contributed by atoms with van der Waals surface area (Å²) in [5, 5.41) is 7.33. The van der Waals surface area contributed by atoms with Crippen molar-refractivity contribution in [2.45, 2.75) is 38.6 Å². The van der Waals surface area contributed by atoms with Gasteiger partial charge in [-0.25, -0.2) is 0 Å². The van der Waals surface area contributed by atoms with Crippen LogP contribution in [0.3, 0.4) is 0 Å². The number of carbonyl (C=O) groups is 1. The Morgan fingerprint density at radius 3 is 2.64 bits per heavy atom. The van der Waals surface area contributed by atoms with Gasteiger partial charge >= 0.3 is 0 Å². The van der Waals surface area contributed by atoms with Gasteiger partial charge in [-0.3, -0.25) is 9.59 Å². The largest absolute Gasteiger partial charge is 0.494 e. The summed E-state index contributed by atoms with van der Waals surface area (Å²) in [4.78, 5) is 25.1. The number of aromatic nitrogens is 2. The number of rotatable bonds is 4. The minimum atomic E-state index is -0.342. The fourth-order valence-corrected chi connectivity index (χ4v) is 3.27. The zero-order valence-corrected chi connectivity index (χ0v) is 14.6. The normalized spacial score (nSPS) is 20.1. The number of hydrogen-bond donors (Lipinski definition) is 1. The van der Waals surface area contributed by atoms with Gasteiger partial charge in [-0.1, -0.05) is 38.0 Å². The summed E-state index contributed by atoms with van der Waals surface area (Å²) in [5.74, 6) is 0.321. The van der Waals surface area contributed by atoms with Crippen LogP contribution in [0.5, 0.6) is 5.75 Å². The maximum atomic E-state index is 12.8. The summed E-state index contributed by atoms with van der Waals surface area (Å²) in [7, 11) is 1.43. The van der Waals surface area contributed by atoms with Crippen LogP contribution < -0.4 is 15.6 Å². The first kappa shape index (κ1) is 17.2. The number of nitrogens with one attached hydrogen (secondary N) is 1. The molecule has 1 aromatic carbocycles. The zero-order chi connectivity index (χ0) is 17.8. The quantitative estimate of drug-likeness (QED) is 0.927. The molecule has 0 saturated heterocycles. The van der Waals surface area contributed by atoms with E-state index in [9.17, 15) is 9.59 Å². The zero-order valence-electron chi connectivity index (χ0n) is 14.6. The van der Waals surface area contributed by atoms with Gasteiger partial charge in [0.1, 0.15) is 0 Å². The van der Waals surface area contributed by atoms with Crippen LogP contribution in [-0.2, 0) is 0 Å². The molecule has 3 rings (SSSR count). The predicted octanol–water partition coefficient (Wildman–Crippen LogP) is 2.55. The van der Waals surface area contributed by atoms with Crippen molar-refractivity contribution in [1.82, 2.24) is 15.1 Å². The molecular weight excluding hydrogens is 318 g/mol. The number of amides is 1. The monoisotopic (exact) mass is 341 g/mol. The average molecular weight is 341 g/mol. The van der Waals surface area contributed by atoms with E-state index >= 15 is 0 Å². The van der Waals surface area contributed by atoms with Crippen LogP contribution in [0.15, 0.2) is 41.2 Å². The Morgan fingerprint density at radius 2 is 1.96 bits per heavy atom. The lowest BCUT2D eigenvalue weighted by molar-refractivity contribution is 0.0899. The molecular formula is C19H23N3O3. The van der Waals surface area contributed by atoms with Gasteiger partial charge in [0, 0.05) is 6.04 Å². The van der Waals surface area contributed by atoms with E-state index in [-0.39, 0.29) is 29.0 Å². The summed E-state index contributed by atoms with van der Waals surface area (Å²) < 4.78 is 6.44. The third-order valence-corrected chi connectivity index (χ3v) is 4.76. The van der Waals surface area contributed by atoms with E-state index in [1.807, 2.05) is 18.2 Å². The molecule has 6 nitrogen and oxygen atoms in total. The number of para-hydroxylation sites is 1. The van der Waals surface area contributed by atoms with Crippen molar-refractivity contribution in [2.24, 2.45) is 5.92 Å². The maximum Gasteiger partial charge on any atom is 0.275 e. The lowest BCUT2D eigenvalue weighted by atomic mass is 9.86. The standard InChI is InChI=1S/C19H23N3O3/c1-13-8-6-7-11-15(13)20-19(24)18-16(25-2)12-17(23)22(21-18)14-9-4-3-5-10-14/h3-5,9-10,12-13,15H,6-8,11H2,1-2H3,(H,20,24)/t13-,15-/m1/s1. The Morgan fingerprint density at radius 1 is 1.24 bits per heavy atom. The topological polar surface area (TPSA) is 73.2 Å². The molecule has 1 aliphatic rings. The molecule has 25 heavy (non-hydrogen) atoms. The molecule has 0 radical (unpaired) electrons. The Kier molecular flexibility index (Phi) is 5.16. The third-order valence-electron chi connectivity index (χ3n) is 4.76. The Labute approximate surface area is 146 Å². The first-order valence-corrected chi connectivity index (χ1v) is 8.65. The SMILES string of the molecule is COc1cc(=O)n(-c2ccccc2)nc1C(=O)N[C@@H]1CCCC[C@H]1C. The highest BCUT2D eigenvalue weighted by molar-refractivity contribution is 5.95. The lowest BCUT2D eigenvalue weighted by Crippen LogP contribution is -2.42. The summed E-state index contributed by atoms with van der Waals surface area (Å²) in [6, 6.07) is 10.5. The van der Waals surface area contributed by atoms with Gasteiger partial charge in [0.15, 0.2) is 11.4 Å². The van der Waals surface area contributed by atoms with Crippen LogP contribution in [0.4, 0.5) is 0 Å². The van der Waals surface area contributed by atoms with Gasteiger partial charge in [0.25, 0.3) is 11.5 Å². The number of benzene rings is 1. The van der Waals surface area contributed by atoms with Crippen LogP contribution in [0.25, 0.3) is 5.69 Å². The molecule has 2 aromatic rings. The molecule has 0 aliphatic heterocycles. The molecule has 1 saturated carbocycles. The molecule has 1 N–H and O–H groups in total. The van der Waals surface area contributed by atoms with Gasteiger partial charge < -0.3 is 10.1 Å². The van der Waals surface area contributed by atoms with E-state index in [0.29, 0.717) is 11.6 Å². The van der Waals surface area contributed by atoms with Crippen LogP contribution in [-0.4, -0.2) is 28.8 Å². The highest BCUT2D eigenvalue weighted by Crippen LogP contribution is 2.24. The Balaban J connectivity index is 1.94. The van der Waals surface area contributed by atoms with Crippen molar-refractivity contribution >= 4 is 5.91 Å². The van der Waals surface area contributed by atoms with Gasteiger partial charge in [0.2, 0.25) is 0 Å². The summed E-state index contributed by atoms with van der Waals surface area (Å²) in [6.45, 7) is 2.15. The second-order valence-corrected chi connectivity index (χ2v) is 6.49. The second kappa shape index (κ2) is 7.51. The summed E-state index contributed by atoms with van der Waals surface area (Å²) in [5.41, 5.74) is 0.393. The van der Waals surface area contributed by atoms with Crippen LogP contribution in [0.1, 0.15) is 43.1 Å². The molecule has 1 heterocycles. The lowest BCUT2D eigenvalue weighted by Gasteiger charge is -2.29. The van der Waals surface area contributed by atoms with Gasteiger partial charge in [-0.05, 0) is 30.9 Å². The van der Waals surface area contributed by atoms with Gasteiger partial charge in [0.05, 0.1) is 18.9 Å². The van der Waals surface area contributed by atoms with Crippen LogP contribution in [0.2, 0.25) is 0 Å². The van der Waals surface area contributed by atoms with E-state index in [0.717, 1.165) is 19.3 Å². The molecule has 0 bridgehead atoms. The average Bonchev–Trinajstić information content (AvgIpc) is 2.64. The molecule has 0 unspecified atom stereocenters. The number of nitrogens with zero attached hydrogens (tertiary/aromatic N) is 2. The number of ether oxygens (including phenoxy) is 1. The molecule has 0 spiro atoms. The molecule has 1 aromatic heterocycles. The van der Waals surface area contributed by atoms with Gasteiger partial charge in [-0.2, -0.15) is 9.78 Å². The highest BCUT2D eigenvalue weighted by atomic mass is 16.5. The molecule has 1 fully saturated rings. The third kappa shape index (κ3) is 3.73. The van der Waals surface area contributed by atoms with Crippen molar-refractivity contribution < 1.29 is 9.53 Å². The van der Waals surface area contributed by atoms with E-state index in [2.05, 4.69) is 17.3 Å². The maximum absolute atomic E-state index is 12.8. The van der Waals surface area contributed by atoms with E-state index in [1.54, 1.807) is 12.1 Å². The number of carbonyl (C=O) groups excluding carboxylic acids is 1. The Hall–Kier alpha value is -2.63. The minimum Gasteiger partial charge on any atom is -0.494 e. The molecule has 2 atom stereocenters. The van der Waals surface area contributed by atoms with Gasteiger partial charge in [-0.15, -0.1) is 0 Å². The fourth-order valence-electron chi connectivity index (χ4n) is 3.27. The van der Waals surface area contributed by atoms with E-state index < -0.39 is 0 Å². The number of hydrogen-bond acceptors (Lipinski definition) is 4. The molecule has 1 aliphatic carbocycles. The van der Waals surface area contributed by atoms with Crippen molar-refractivity contribution in [3.63, 3.8) is 0 Å². The first-order chi connectivity index (χ1) is 12.1. The van der Waals surface area contributed by atoms with Crippen molar-refractivity contribution in [3.05, 3.63) is 52.4 Å².